The molecule has 68 valence electrons. The maximum atomic E-state index is 9.50. The van der Waals surface area contributed by atoms with Crippen molar-refractivity contribution in [1.29, 1.82) is 0 Å². The molecule has 1 heterocycles. The van der Waals surface area contributed by atoms with E-state index >= 15 is 0 Å². The van der Waals surface area contributed by atoms with Gasteiger partial charge in [0, 0.05) is 6.54 Å². The first-order valence-electron chi connectivity index (χ1n) is 4.51. The Morgan fingerprint density at radius 2 is 1.91 bits per heavy atom. The van der Waals surface area contributed by atoms with E-state index in [1.807, 2.05) is 27.8 Å². The zero-order valence-electron chi connectivity index (χ0n) is 8.22. The van der Waals surface area contributed by atoms with Crippen LogP contribution in [-0.2, 0) is 0 Å². The van der Waals surface area contributed by atoms with E-state index < -0.39 is 5.60 Å². The topological polar surface area (TPSA) is 23.5 Å². The fourth-order valence-corrected chi connectivity index (χ4v) is 1.47. The Morgan fingerprint density at radius 1 is 1.36 bits per heavy atom. The van der Waals surface area contributed by atoms with E-state index in [0.29, 0.717) is 0 Å². The Hall–Kier alpha value is -0.0800. The molecule has 11 heavy (non-hydrogen) atoms. The Labute approximate surface area is 70.2 Å². The average molecular weight is 159 g/mol. The highest BCUT2D eigenvalue weighted by Crippen LogP contribution is 2.18. The number of aliphatic hydroxyl groups is 1. The molecule has 0 radical (unpaired) electrons. The lowest BCUT2D eigenvalue weighted by Crippen LogP contribution is -2.43. The number of likely N-dealkylation sites (tertiary alicyclic amines) is 1. The smallest absolute Gasteiger partial charge is 0.0746 e. The summed E-state index contributed by atoms with van der Waals surface area (Å²) in [7, 11) is 2.05. The van der Waals surface area contributed by atoms with Gasteiger partial charge in [-0.05, 0) is 33.4 Å². The average Bonchev–Trinajstić information content (AvgIpc) is 1.89. The van der Waals surface area contributed by atoms with Gasteiger partial charge in [0.25, 0.3) is 0 Å². The number of hydrogen-bond acceptors (Lipinski definition) is 2. The van der Waals surface area contributed by atoms with Gasteiger partial charge in [0.2, 0.25) is 0 Å². The van der Waals surface area contributed by atoms with Gasteiger partial charge in [-0.25, -0.2) is 0 Å². The highest BCUT2D eigenvalue weighted by atomic mass is 16.3. The van der Waals surface area contributed by atoms with E-state index in [9.17, 15) is 5.11 Å². The Morgan fingerprint density at radius 3 is 2.18 bits per heavy atom. The zero-order chi connectivity index (χ0) is 8.91. The summed E-state index contributed by atoms with van der Waals surface area (Å²) in [5, 5.41) is 9.50. The van der Waals surface area contributed by atoms with Crippen molar-refractivity contribution in [2.75, 3.05) is 20.1 Å². The number of nitrogens with zero attached hydrogens (tertiary/aromatic N) is 1. The van der Waals surface area contributed by atoms with Crippen LogP contribution in [0.4, 0.5) is 0 Å². The molecule has 1 saturated heterocycles. The lowest BCUT2D eigenvalue weighted by molar-refractivity contribution is -0.00684. The van der Waals surface area contributed by atoms with E-state index in [0.717, 1.165) is 25.9 Å². The summed E-state index contributed by atoms with van der Waals surface area (Å²) in [6.07, 6.45) is 2.08. The van der Waals surface area contributed by atoms with Crippen LogP contribution in [0, 0.1) is 0 Å². The molecule has 0 aromatic rings. The summed E-state index contributed by atoms with van der Waals surface area (Å²) >= 11 is 0. The lowest BCUT2D eigenvalue weighted by atomic mass is 9.96. The van der Waals surface area contributed by atoms with Crippen molar-refractivity contribution in [2.24, 2.45) is 0 Å². The monoisotopic (exact) mass is 159 g/mol. The van der Waals surface area contributed by atoms with E-state index in [4.69, 9.17) is 0 Å². The molecular weight excluding hydrogens is 138 g/mol. The van der Waals surface area contributed by atoms with Gasteiger partial charge in [-0.3, -0.25) is 0 Å². The fourth-order valence-electron chi connectivity index (χ4n) is 1.47. The van der Waals surface area contributed by atoms with Gasteiger partial charge in [0.15, 0.2) is 0 Å². The summed E-state index contributed by atoms with van der Waals surface area (Å²) in [5.41, 5.74) is -0.424. The molecule has 1 rings (SSSR count). The second-order valence-corrected chi connectivity index (χ2v) is 3.34. The van der Waals surface area contributed by atoms with E-state index in [1.165, 1.54) is 0 Å². The minimum absolute atomic E-state index is 0.424. The molecule has 1 aliphatic heterocycles. The molecule has 0 aromatic heterocycles. The number of likely N-dealkylation sites (N-methyl/N-ethyl adjacent to an activating group) is 1. The molecule has 1 aliphatic rings. The SMILES string of the molecule is CC.CN1CCC[C@@](C)(O)C1. The van der Waals surface area contributed by atoms with Gasteiger partial charge in [-0.15, -0.1) is 0 Å². The van der Waals surface area contributed by atoms with Gasteiger partial charge in [0.1, 0.15) is 0 Å². The molecule has 0 aliphatic carbocycles. The molecular formula is C9H21NO. The van der Waals surface area contributed by atoms with Crippen LogP contribution in [0.25, 0.3) is 0 Å². The van der Waals surface area contributed by atoms with Crippen molar-refractivity contribution >= 4 is 0 Å². The summed E-state index contributed by atoms with van der Waals surface area (Å²) in [6.45, 7) is 7.87. The minimum atomic E-state index is -0.424. The molecule has 1 fully saturated rings. The van der Waals surface area contributed by atoms with Crippen LogP contribution >= 0.6 is 0 Å². The Bertz CT molecular complexity index is 102. The molecule has 2 nitrogen and oxygen atoms in total. The van der Waals surface area contributed by atoms with Gasteiger partial charge < -0.3 is 10.0 Å². The van der Waals surface area contributed by atoms with Crippen LogP contribution in [0.15, 0.2) is 0 Å². The van der Waals surface area contributed by atoms with Gasteiger partial charge in [0.05, 0.1) is 5.60 Å². The molecule has 0 bridgehead atoms. The summed E-state index contributed by atoms with van der Waals surface area (Å²) in [4.78, 5) is 2.17. The number of piperidine rings is 1. The lowest BCUT2D eigenvalue weighted by Gasteiger charge is -2.34. The standard InChI is InChI=1S/C7H15NO.C2H6/c1-7(9)4-3-5-8(2)6-7;1-2/h9H,3-6H2,1-2H3;1-2H3/t7-;/m1./s1. The van der Waals surface area contributed by atoms with Crippen LogP contribution in [0.3, 0.4) is 0 Å². The van der Waals surface area contributed by atoms with Crippen molar-refractivity contribution < 1.29 is 5.11 Å². The number of hydrogen-bond donors (Lipinski definition) is 1. The van der Waals surface area contributed by atoms with Crippen molar-refractivity contribution in [3.8, 4) is 0 Å². The Balaban J connectivity index is 0.000000461. The molecule has 0 unspecified atom stereocenters. The molecule has 1 atom stereocenters. The largest absolute Gasteiger partial charge is 0.389 e. The van der Waals surface area contributed by atoms with Gasteiger partial charge >= 0.3 is 0 Å². The van der Waals surface area contributed by atoms with Crippen LogP contribution in [0.1, 0.15) is 33.6 Å². The number of rotatable bonds is 0. The second kappa shape index (κ2) is 4.73. The predicted octanol–water partition coefficient (Wildman–Crippen LogP) is 1.49. The maximum absolute atomic E-state index is 9.50. The number of β-amino-alcohol motifs (C(OH)–C–C–N with tert-alkyl or cyclic N) is 1. The zero-order valence-corrected chi connectivity index (χ0v) is 8.22. The third-order valence-corrected chi connectivity index (χ3v) is 1.87. The van der Waals surface area contributed by atoms with Crippen LogP contribution < -0.4 is 0 Å². The molecule has 0 aromatic carbocycles. The quantitative estimate of drug-likeness (QED) is 0.579. The third-order valence-electron chi connectivity index (χ3n) is 1.87. The minimum Gasteiger partial charge on any atom is -0.389 e. The summed E-state index contributed by atoms with van der Waals surface area (Å²) in [5.74, 6) is 0. The van der Waals surface area contributed by atoms with E-state index in [-0.39, 0.29) is 0 Å². The Kier molecular flexibility index (Phi) is 4.69. The summed E-state index contributed by atoms with van der Waals surface area (Å²) < 4.78 is 0. The molecule has 0 amide bonds. The maximum Gasteiger partial charge on any atom is 0.0746 e. The predicted molar refractivity (Wildman–Crippen MR) is 48.7 cm³/mol. The van der Waals surface area contributed by atoms with Crippen molar-refractivity contribution in [3.05, 3.63) is 0 Å². The van der Waals surface area contributed by atoms with Gasteiger partial charge in [-0.1, -0.05) is 13.8 Å². The second-order valence-electron chi connectivity index (χ2n) is 3.34. The van der Waals surface area contributed by atoms with Crippen molar-refractivity contribution in [2.45, 2.75) is 39.2 Å². The molecule has 2 heteroatoms. The van der Waals surface area contributed by atoms with Crippen LogP contribution in [-0.4, -0.2) is 35.7 Å². The highest BCUT2D eigenvalue weighted by Gasteiger charge is 2.25. The fraction of sp³-hybridized carbons (Fsp3) is 1.00. The van der Waals surface area contributed by atoms with Crippen molar-refractivity contribution in [1.82, 2.24) is 4.90 Å². The van der Waals surface area contributed by atoms with Crippen LogP contribution in [0.5, 0.6) is 0 Å². The molecule has 0 spiro atoms. The van der Waals surface area contributed by atoms with E-state index in [2.05, 4.69) is 4.90 Å². The molecule has 0 saturated carbocycles. The summed E-state index contributed by atoms with van der Waals surface area (Å²) in [6, 6.07) is 0. The first-order chi connectivity index (χ1) is 5.10. The van der Waals surface area contributed by atoms with E-state index in [1.54, 1.807) is 0 Å². The third kappa shape index (κ3) is 4.38. The van der Waals surface area contributed by atoms with Crippen LogP contribution in [0.2, 0.25) is 0 Å². The molecule has 1 N–H and O–H groups in total. The van der Waals surface area contributed by atoms with Gasteiger partial charge in [-0.2, -0.15) is 0 Å². The normalized spacial score (nSPS) is 32.5. The first kappa shape index (κ1) is 10.9. The highest BCUT2D eigenvalue weighted by molar-refractivity contribution is 4.80. The van der Waals surface area contributed by atoms with Crippen molar-refractivity contribution in [3.63, 3.8) is 0 Å². The first-order valence-corrected chi connectivity index (χ1v) is 4.51.